The maximum atomic E-state index is 13.5. The molecular weight excluding hydrogens is 386 g/mol. The molecule has 28 heavy (non-hydrogen) atoms. The molecule has 1 aromatic carbocycles. The SMILES string of the molecule is COC(=O)N1C(C)CC(NS)C1COC1CCC(c2ccc(F)c(F)c2)CC1. The van der Waals surface area contributed by atoms with E-state index in [0.717, 1.165) is 37.7 Å². The standard InChI is InChI=1S/C20H28F2N2O3S/c1-12-9-18(23-28)19(24(12)20(25)26-2)11-27-15-6-3-13(4-7-15)14-5-8-16(21)17(22)10-14/h5,8,10,12-13,15,18-19,23,28H,3-4,6-7,9,11H2,1-2H3. The van der Waals surface area contributed by atoms with Crippen molar-refractivity contribution >= 4 is 18.9 Å². The van der Waals surface area contributed by atoms with Crippen molar-refractivity contribution in [3.05, 3.63) is 35.4 Å². The average molecular weight is 415 g/mol. The van der Waals surface area contributed by atoms with E-state index in [9.17, 15) is 13.6 Å². The first-order valence-electron chi connectivity index (χ1n) is 9.77. The largest absolute Gasteiger partial charge is 0.453 e. The number of hydrogen-bond donors (Lipinski definition) is 2. The first-order valence-corrected chi connectivity index (χ1v) is 10.2. The van der Waals surface area contributed by atoms with Gasteiger partial charge in [0, 0.05) is 12.1 Å². The van der Waals surface area contributed by atoms with Gasteiger partial charge in [0.25, 0.3) is 0 Å². The molecule has 0 radical (unpaired) electrons. The van der Waals surface area contributed by atoms with Gasteiger partial charge in [0.2, 0.25) is 0 Å². The van der Waals surface area contributed by atoms with Crippen molar-refractivity contribution in [1.29, 1.82) is 0 Å². The van der Waals surface area contributed by atoms with Gasteiger partial charge in [0.15, 0.2) is 11.6 Å². The second kappa shape index (κ2) is 9.41. The number of halogens is 2. The lowest BCUT2D eigenvalue weighted by molar-refractivity contribution is -0.00848. The van der Waals surface area contributed by atoms with Crippen molar-refractivity contribution in [1.82, 2.24) is 9.62 Å². The molecule has 3 atom stereocenters. The molecule has 2 aliphatic rings. The Morgan fingerprint density at radius 3 is 2.57 bits per heavy atom. The molecule has 1 N–H and O–H groups in total. The van der Waals surface area contributed by atoms with E-state index in [1.54, 1.807) is 11.0 Å². The summed E-state index contributed by atoms with van der Waals surface area (Å²) in [7, 11) is 1.38. The lowest BCUT2D eigenvalue weighted by atomic mass is 9.82. The Morgan fingerprint density at radius 1 is 1.25 bits per heavy atom. The van der Waals surface area contributed by atoms with E-state index in [2.05, 4.69) is 17.5 Å². The summed E-state index contributed by atoms with van der Waals surface area (Å²) in [5.74, 6) is -1.38. The zero-order valence-corrected chi connectivity index (χ0v) is 17.1. The first kappa shape index (κ1) is 21.3. The molecule has 1 amide bonds. The highest BCUT2D eigenvalue weighted by Crippen LogP contribution is 2.35. The molecule has 156 valence electrons. The summed E-state index contributed by atoms with van der Waals surface area (Å²) in [5, 5.41) is 0. The van der Waals surface area contributed by atoms with Crippen LogP contribution in [0.25, 0.3) is 0 Å². The van der Waals surface area contributed by atoms with Gasteiger partial charge in [-0.15, -0.1) is 0 Å². The number of likely N-dealkylation sites (tertiary alicyclic amines) is 1. The molecule has 3 rings (SSSR count). The molecule has 0 bridgehead atoms. The van der Waals surface area contributed by atoms with Crippen LogP contribution in [0.5, 0.6) is 0 Å². The predicted molar refractivity (Wildman–Crippen MR) is 105 cm³/mol. The maximum Gasteiger partial charge on any atom is 0.410 e. The van der Waals surface area contributed by atoms with Gasteiger partial charge in [-0.2, -0.15) is 0 Å². The highest BCUT2D eigenvalue weighted by atomic mass is 32.1. The van der Waals surface area contributed by atoms with Gasteiger partial charge in [-0.1, -0.05) is 18.9 Å². The minimum absolute atomic E-state index is 0.0379. The fourth-order valence-corrected chi connectivity index (χ4v) is 4.76. The van der Waals surface area contributed by atoms with Gasteiger partial charge >= 0.3 is 6.09 Å². The number of methoxy groups -OCH3 is 1. The third-order valence-electron chi connectivity index (χ3n) is 6.03. The summed E-state index contributed by atoms with van der Waals surface area (Å²) < 4.78 is 40.7. The van der Waals surface area contributed by atoms with Gasteiger partial charge in [0.1, 0.15) is 0 Å². The highest BCUT2D eigenvalue weighted by Gasteiger charge is 2.42. The number of benzene rings is 1. The van der Waals surface area contributed by atoms with Gasteiger partial charge in [-0.05, 0) is 62.6 Å². The number of carbonyl (C=O) groups excluding carboxylic acids is 1. The third kappa shape index (κ3) is 4.60. The van der Waals surface area contributed by atoms with Crippen molar-refractivity contribution in [2.75, 3.05) is 13.7 Å². The Morgan fingerprint density at radius 2 is 1.96 bits per heavy atom. The summed E-state index contributed by atoms with van der Waals surface area (Å²) in [4.78, 5) is 13.9. The summed E-state index contributed by atoms with van der Waals surface area (Å²) in [6.45, 7) is 2.40. The Hall–Kier alpha value is -1.38. The smallest absolute Gasteiger partial charge is 0.410 e. The molecule has 3 unspecified atom stereocenters. The molecule has 1 aliphatic carbocycles. The molecule has 1 saturated heterocycles. The molecule has 8 heteroatoms. The van der Waals surface area contributed by atoms with Crippen LogP contribution >= 0.6 is 12.8 Å². The van der Waals surface area contributed by atoms with Gasteiger partial charge in [-0.3, -0.25) is 9.62 Å². The summed E-state index contributed by atoms with van der Waals surface area (Å²) in [6, 6.07) is 4.12. The van der Waals surface area contributed by atoms with Crippen LogP contribution in [0.4, 0.5) is 13.6 Å². The lowest BCUT2D eigenvalue weighted by Gasteiger charge is -2.33. The molecule has 1 aromatic rings. The number of hydrogen-bond acceptors (Lipinski definition) is 5. The fourth-order valence-electron chi connectivity index (χ4n) is 4.48. The molecular formula is C20H28F2N2O3S. The second-order valence-corrected chi connectivity index (χ2v) is 8.00. The zero-order chi connectivity index (χ0) is 20.3. The first-order chi connectivity index (χ1) is 13.4. The molecule has 1 saturated carbocycles. The Labute approximate surface area is 170 Å². The van der Waals surface area contributed by atoms with Gasteiger partial charge < -0.3 is 9.47 Å². The van der Waals surface area contributed by atoms with E-state index in [0.29, 0.717) is 6.61 Å². The van der Waals surface area contributed by atoms with Crippen LogP contribution in [-0.2, 0) is 9.47 Å². The van der Waals surface area contributed by atoms with Crippen LogP contribution in [0, 0.1) is 11.6 Å². The Bertz CT molecular complexity index is 685. The van der Waals surface area contributed by atoms with Crippen LogP contribution in [-0.4, -0.2) is 48.9 Å². The number of carbonyl (C=O) groups is 1. The van der Waals surface area contributed by atoms with Gasteiger partial charge in [-0.25, -0.2) is 13.6 Å². The average Bonchev–Trinajstić information content (AvgIpc) is 3.03. The van der Waals surface area contributed by atoms with E-state index in [4.69, 9.17) is 9.47 Å². The monoisotopic (exact) mass is 414 g/mol. The summed E-state index contributed by atoms with van der Waals surface area (Å²) >= 11 is 4.20. The highest BCUT2D eigenvalue weighted by molar-refractivity contribution is 7.78. The lowest BCUT2D eigenvalue weighted by Crippen LogP contribution is -2.48. The predicted octanol–water partition coefficient (Wildman–Crippen LogP) is 4.04. The van der Waals surface area contributed by atoms with E-state index in [1.165, 1.54) is 19.2 Å². The molecule has 0 spiro atoms. The minimum atomic E-state index is -0.811. The summed E-state index contributed by atoms with van der Waals surface area (Å²) in [5.41, 5.74) is 0.846. The van der Waals surface area contributed by atoms with Crippen molar-refractivity contribution in [2.24, 2.45) is 0 Å². The quantitative estimate of drug-likeness (QED) is 0.714. The molecule has 5 nitrogen and oxygen atoms in total. The van der Waals surface area contributed by atoms with Crippen molar-refractivity contribution in [2.45, 2.75) is 69.2 Å². The van der Waals surface area contributed by atoms with E-state index in [-0.39, 0.29) is 36.2 Å². The number of amides is 1. The van der Waals surface area contributed by atoms with Gasteiger partial charge in [0.05, 0.1) is 25.9 Å². The number of rotatable bonds is 5. The van der Waals surface area contributed by atoms with Crippen LogP contribution in [0.15, 0.2) is 18.2 Å². The molecule has 1 aliphatic heterocycles. The number of ether oxygens (including phenoxy) is 2. The van der Waals surface area contributed by atoms with Crippen LogP contribution in [0.1, 0.15) is 50.5 Å². The zero-order valence-electron chi connectivity index (χ0n) is 16.2. The van der Waals surface area contributed by atoms with Crippen LogP contribution in [0.3, 0.4) is 0 Å². The molecule has 0 aromatic heterocycles. The van der Waals surface area contributed by atoms with Crippen molar-refractivity contribution < 1.29 is 23.0 Å². The number of nitrogens with one attached hydrogen (secondary N) is 1. The number of nitrogens with zero attached hydrogens (tertiary/aromatic N) is 1. The van der Waals surface area contributed by atoms with Crippen LogP contribution in [0.2, 0.25) is 0 Å². The van der Waals surface area contributed by atoms with Crippen molar-refractivity contribution in [3.8, 4) is 0 Å². The third-order valence-corrected chi connectivity index (χ3v) is 6.37. The fraction of sp³-hybridized carbons (Fsp3) is 0.650. The van der Waals surface area contributed by atoms with Crippen molar-refractivity contribution in [3.63, 3.8) is 0 Å². The van der Waals surface area contributed by atoms with E-state index >= 15 is 0 Å². The maximum absolute atomic E-state index is 13.5. The normalized spacial score (nSPS) is 30.5. The second-order valence-electron chi connectivity index (χ2n) is 7.75. The molecule has 1 heterocycles. The number of thiol groups is 1. The topological polar surface area (TPSA) is 50.8 Å². The Kier molecular flexibility index (Phi) is 7.17. The van der Waals surface area contributed by atoms with E-state index < -0.39 is 11.6 Å². The molecule has 2 fully saturated rings. The Balaban J connectivity index is 1.54. The summed E-state index contributed by atoms with van der Waals surface area (Å²) in [6.07, 6.45) is 3.96. The van der Waals surface area contributed by atoms with E-state index in [1.807, 2.05) is 6.92 Å². The minimum Gasteiger partial charge on any atom is -0.453 e. The van der Waals surface area contributed by atoms with Crippen LogP contribution < -0.4 is 4.72 Å².